The first kappa shape index (κ1) is 19.7. The molecular weight excluding hydrogens is 370 g/mol. The zero-order valence-electron chi connectivity index (χ0n) is 13.6. The second kappa shape index (κ2) is 8.64. The van der Waals surface area contributed by atoms with Crippen molar-refractivity contribution in [3.8, 4) is 0 Å². The second-order valence-electron chi connectivity index (χ2n) is 5.76. The molecule has 1 aliphatic heterocycles. The van der Waals surface area contributed by atoms with Gasteiger partial charge in [-0.2, -0.15) is 0 Å². The van der Waals surface area contributed by atoms with Crippen LogP contribution in [-0.2, 0) is 6.42 Å². The van der Waals surface area contributed by atoms with Crippen molar-refractivity contribution in [2.24, 2.45) is 0 Å². The minimum atomic E-state index is -0.865. The Morgan fingerprint density at radius 1 is 1.40 bits per heavy atom. The highest BCUT2D eigenvalue weighted by atomic mass is 35.5. The number of nitrogens with zero attached hydrogens (tertiary/aromatic N) is 2. The largest absolute Gasteiger partial charge is 0.347 e. The summed E-state index contributed by atoms with van der Waals surface area (Å²) in [4.78, 5) is 13.0. The fraction of sp³-hybridized carbons (Fsp3) is 0.438. The highest BCUT2D eigenvalue weighted by Crippen LogP contribution is 2.27. The van der Waals surface area contributed by atoms with Gasteiger partial charge in [0.2, 0.25) is 0 Å². The number of aromatic nitrogens is 2. The Bertz CT molecular complexity index is 743. The van der Waals surface area contributed by atoms with E-state index in [2.05, 4.69) is 20.2 Å². The first-order valence-electron chi connectivity index (χ1n) is 7.88. The summed E-state index contributed by atoms with van der Waals surface area (Å²) in [6, 6.07) is 3.73. The molecule has 0 bridgehead atoms. The van der Waals surface area contributed by atoms with Crippen molar-refractivity contribution in [3.05, 3.63) is 46.0 Å². The molecule has 1 amide bonds. The van der Waals surface area contributed by atoms with Crippen molar-refractivity contribution < 1.29 is 13.6 Å². The van der Waals surface area contributed by atoms with Gasteiger partial charge in [-0.15, -0.1) is 17.5 Å². The van der Waals surface area contributed by atoms with Gasteiger partial charge < -0.3 is 10.6 Å². The van der Waals surface area contributed by atoms with Crippen LogP contribution in [0.15, 0.2) is 18.2 Å². The number of halogens is 3. The maximum atomic E-state index is 13.6. The van der Waals surface area contributed by atoms with Crippen molar-refractivity contribution in [1.29, 1.82) is 0 Å². The van der Waals surface area contributed by atoms with Crippen LogP contribution in [0.1, 0.15) is 40.2 Å². The zero-order chi connectivity index (χ0) is 17.1. The molecule has 25 heavy (non-hydrogen) atoms. The van der Waals surface area contributed by atoms with Crippen LogP contribution in [-0.4, -0.2) is 34.6 Å². The number of carbonyl (C=O) groups excluding carboxylic acids is 1. The molecule has 0 radical (unpaired) electrons. The Morgan fingerprint density at radius 3 is 2.92 bits per heavy atom. The van der Waals surface area contributed by atoms with E-state index in [1.165, 1.54) is 6.07 Å². The molecule has 1 aliphatic rings. The molecule has 3 rings (SSSR count). The molecule has 0 aliphatic carbocycles. The summed E-state index contributed by atoms with van der Waals surface area (Å²) in [5, 5.41) is 10.2. The molecule has 1 aromatic carbocycles. The lowest BCUT2D eigenvalue weighted by Crippen LogP contribution is -2.50. The van der Waals surface area contributed by atoms with E-state index in [1.807, 2.05) is 6.92 Å². The SMILES string of the molecule is CCc1nnsc1C(=O)NC1CNCCC1c1ccc(F)c(F)c1.Cl. The first-order valence-corrected chi connectivity index (χ1v) is 8.65. The molecule has 5 nitrogen and oxygen atoms in total. The van der Waals surface area contributed by atoms with Gasteiger partial charge in [-0.25, -0.2) is 8.78 Å². The molecule has 2 atom stereocenters. The topological polar surface area (TPSA) is 66.9 Å². The van der Waals surface area contributed by atoms with E-state index in [0.717, 1.165) is 30.6 Å². The Labute approximate surface area is 154 Å². The van der Waals surface area contributed by atoms with Crippen LogP contribution in [0.4, 0.5) is 8.78 Å². The maximum absolute atomic E-state index is 13.6. The minimum absolute atomic E-state index is 0. The lowest BCUT2D eigenvalue weighted by Gasteiger charge is -2.33. The quantitative estimate of drug-likeness (QED) is 0.845. The van der Waals surface area contributed by atoms with Crippen LogP contribution >= 0.6 is 23.9 Å². The Hall–Kier alpha value is -1.64. The van der Waals surface area contributed by atoms with Gasteiger partial charge in [-0.3, -0.25) is 4.79 Å². The van der Waals surface area contributed by atoms with E-state index >= 15 is 0 Å². The fourth-order valence-electron chi connectivity index (χ4n) is 3.00. The number of benzene rings is 1. The number of hydrogen-bond acceptors (Lipinski definition) is 5. The molecular formula is C16H19ClF2N4OS. The maximum Gasteiger partial charge on any atom is 0.265 e. The standard InChI is InChI=1S/C16H18F2N4OS.ClH/c1-2-13-15(24-22-21-13)16(23)20-14-8-19-6-5-10(14)9-3-4-11(17)12(18)7-9;/h3-4,7,10,14,19H,2,5-6,8H2,1H3,(H,20,23);1H. The molecule has 2 heterocycles. The molecule has 1 aromatic heterocycles. The summed E-state index contributed by atoms with van der Waals surface area (Å²) >= 11 is 1.07. The summed E-state index contributed by atoms with van der Waals surface area (Å²) in [7, 11) is 0. The molecule has 0 saturated carbocycles. The van der Waals surface area contributed by atoms with Crippen molar-refractivity contribution in [1.82, 2.24) is 20.2 Å². The lowest BCUT2D eigenvalue weighted by atomic mass is 9.86. The summed E-state index contributed by atoms with van der Waals surface area (Å²) < 4.78 is 30.6. The highest BCUT2D eigenvalue weighted by Gasteiger charge is 2.29. The van der Waals surface area contributed by atoms with Gasteiger partial charge >= 0.3 is 0 Å². The number of rotatable bonds is 4. The fourth-order valence-corrected chi connectivity index (χ4v) is 3.65. The number of nitrogens with one attached hydrogen (secondary N) is 2. The average molecular weight is 389 g/mol. The van der Waals surface area contributed by atoms with Crippen molar-refractivity contribution >= 4 is 29.8 Å². The number of piperidine rings is 1. The number of amides is 1. The zero-order valence-corrected chi connectivity index (χ0v) is 15.2. The molecule has 2 N–H and O–H groups in total. The average Bonchev–Trinajstić information content (AvgIpc) is 3.07. The molecule has 9 heteroatoms. The van der Waals surface area contributed by atoms with E-state index in [0.29, 0.717) is 29.1 Å². The van der Waals surface area contributed by atoms with Gasteiger partial charge in [0.1, 0.15) is 4.88 Å². The van der Waals surface area contributed by atoms with Crippen LogP contribution in [0.3, 0.4) is 0 Å². The van der Waals surface area contributed by atoms with Crippen LogP contribution < -0.4 is 10.6 Å². The number of carbonyl (C=O) groups is 1. The van der Waals surface area contributed by atoms with Gasteiger partial charge in [0.15, 0.2) is 11.6 Å². The van der Waals surface area contributed by atoms with Crippen LogP contribution in [0.25, 0.3) is 0 Å². The molecule has 0 spiro atoms. The third-order valence-electron chi connectivity index (χ3n) is 4.27. The molecule has 1 fully saturated rings. The third kappa shape index (κ3) is 4.31. The van der Waals surface area contributed by atoms with Gasteiger partial charge in [0.25, 0.3) is 5.91 Å². The Kier molecular flexibility index (Phi) is 6.80. The Morgan fingerprint density at radius 2 is 2.20 bits per heavy atom. The van der Waals surface area contributed by atoms with E-state index in [1.54, 1.807) is 6.07 Å². The van der Waals surface area contributed by atoms with E-state index in [9.17, 15) is 13.6 Å². The number of aryl methyl sites for hydroxylation is 1. The van der Waals surface area contributed by atoms with Gasteiger partial charge in [-0.05, 0) is 48.6 Å². The predicted octanol–water partition coefficient (Wildman–Crippen LogP) is 2.68. The van der Waals surface area contributed by atoms with E-state index < -0.39 is 11.6 Å². The second-order valence-corrected chi connectivity index (χ2v) is 6.51. The minimum Gasteiger partial charge on any atom is -0.347 e. The smallest absolute Gasteiger partial charge is 0.265 e. The molecule has 136 valence electrons. The van der Waals surface area contributed by atoms with Crippen molar-refractivity contribution in [2.45, 2.75) is 31.7 Å². The monoisotopic (exact) mass is 388 g/mol. The van der Waals surface area contributed by atoms with Crippen LogP contribution in [0, 0.1) is 11.6 Å². The van der Waals surface area contributed by atoms with Crippen molar-refractivity contribution in [2.75, 3.05) is 13.1 Å². The molecule has 2 unspecified atom stereocenters. The van der Waals surface area contributed by atoms with Gasteiger partial charge in [-0.1, -0.05) is 17.5 Å². The van der Waals surface area contributed by atoms with E-state index in [4.69, 9.17) is 0 Å². The van der Waals surface area contributed by atoms with Crippen LogP contribution in [0.5, 0.6) is 0 Å². The number of hydrogen-bond donors (Lipinski definition) is 2. The first-order chi connectivity index (χ1) is 11.6. The lowest BCUT2D eigenvalue weighted by molar-refractivity contribution is 0.0927. The summed E-state index contributed by atoms with van der Waals surface area (Å²) in [5.41, 5.74) is 1.37. The molecule has 2 aromatic rings. The van der Waals surface area contributed by atoms with Crippen LogP contribution in [0.2, 0.25) is 0 Å². The third-order valence-corrected chi connectivity index (χ3v) is 5.03. The highest BCUT2D eigenvalue weighted by molar-refractivity contribution is 7.08. The van der Waals surface area contributed by atoms with Gasteiger partial charge in [0, 0.05) is 18.5 Å². The summed E-state index contributed by atoms with van der Waals surface area (Å²) in [6.45, 7) is 3.25. The summed E-state index contributed by atoms with van der Waals surface area (Å²) in [5.74, 6) is -2.02. The summed E-state index contributed by atoms with van der Waals surface area (Å²) in [6.07, 6.45) is 1.37. The Balaban J connectivity index is 0.00000225. The molecule has 1 saturated heterocycles. The van der Waals surface area contributed by atoms with E-state index in [-0.39, 0.29) is 30.3 Å². The van der Waals surface area contributed by atoms with Gasteiger partial charge in [0.05, 0.1) is 5.69 Å². The predicted molar refractivity (Wildman–Crippen MR) is 94.4 cm³/mol. The normalized spacial score (nSPS) is 20.0. The van der Waals surface area contributed by atoms with Crippen molar-refractivity contribution in [3.63, 3.8) is 0 Å².